The zero-order chi connectivity index (χ0) is 27.6. The summed E-state index contributed by atoms with van der Waals surface area (Å²) in [5.41, 5.74) is -0.803. The fourth-order valence-electron chi connectivity index (χ4n) is 5.11. The Morgan fingerprint density at radius 2 is 1.24 bits per heavy atom. The van der Waals surface area contributed by atoms with Gasteiger partial charge in [0.15, 0.2) is 0 Å². The van der Waals surface area contributed by atoms with Gasteiger partial charge >= 0.3 is 0 Å². The summed E-state index contributed by atoms with van der Waals surface area (Å²) in [4.78, 5) is 33.9. The average molecular weight is 648 g/mol. The minimum Gasteiger partial charge on any atom is -0.390 e. The van der Waals surface area contributed by atoms with E-state index in [-0.39, 0.29) is 23.0 Å². The third-order valence-electron chi connectivity index (χ3n) is 7.63. The number of aliphatic hydroxyl groups is 1. The van der Waals surface area contributed by atoms with Crippen LogP contribution in [0.15, 0.2) is 54.9 Å². The largest absolute Gasteiger partial charge is 0.390 e. The van der Waals surface area contributed by atoms with Crippen LogP contribution in [-0.4, -0.2) is 35.5 Å². The van der Waals surface area contributed by atoms with E-state index in [0.29, 0.717) is 53.6 Å². The van der Waals surface area contributed by atoms with Gasteiger partial charge in [0.1, 0.15) is 17.3 Å². The standard InChI is InChI=1S/C14H14BrFN2O.C14H15BrN2O2/c1-14(2,16)8-5-12-17-11-6-9(15)3-4-10(11)13(19)18(12)7-8;1-14(2,19)8-5-12-16-11-6-9(15)3-4-10(11)13(18)17(12)7-8/h3-4,6,8H,5,7H2,1-2H3;3-4,6,8,19H,5,7H2,1-2H3. The summed E-state index contributed by atoms with van der Waals surface area (Å²) in [5, 5.41) is 11.3. The molecule has 1 N–H and O–H groups in total. The maximum absolute atomic E-state index is 14.1. The highest BCUT2D eigenvalue weighted by molar-refractivity contribution is 9.10. The van der Waals surface area contributed by atoms with Crippen molar-refractivity contribution in [3.05, 3.63) is 77.7 Å². The van der Waals surface area contributed by atoms with E-state index in [0.717, 1.165) is 14.8 Å². The summed E-state index contributed by atoms with van der Waals surface area (Å²) in [7, 11) is 0. The van der Waals surface area contributed by atoms with Gasteiger partial charge in [-0.2, -0.15) is 0 Å². The molecule has 10 heteroatoms. The first-order chi connectivity index (χ1) is 17.7. The molecule has 2 aliphatic heterocycles. The van der Waals surface area contributed by atoms with Gasteiger partial charge in [0.2, 0.25) is 0 Å². The maximum Gasteiger partial charge on any atom is 0.261 e. The lowest BCUT2D eigenvalue weighted by Gasteiger charge is -2.23. The highest BCUT2D eigenvalue weighted by Crippen LogP contribution is 2.31. The first kappa shape index (κ1) is 27.1. The molecule has 200 valence electrons. The van der Waals surface area contributed by atoms with Gasteiger partial charge in [0.05, 0.1) is 27.4 Å². The summed E-state index contributed by atoms with van der Waals surface area (Å²) in [6.07, 6.45) is 1.16. The molecule has 0 fully saturated rings. The molecule has 0 spiro atoms. The number of hydrogen-bond donors (Lipinski definition) is 1. The molecule has 6 rings (SSSR count). The van der Waals surface area contributed by atoms with Crippen LogP contribution in [0.4, 0.5) is 4.39 Å². The quantitative estimate of drug-likeness (QED) is 0.324. The van der Waals surface area contributed by atoms with Crippen molar-refractivity contribution in [1.82, 2.24) is 19.1 Å². The van der Waals surface area contributed by atoms with Gasteiger partial charge in [-0.05, 0) is 64.1 Å². The summed E-state index contributed by atoms with van der Waals surface area (Å²) >= 11 is 6.76. The molecule has 4 heterocycles. The van der Waals surface area contributed by atoms with Gasteiger partial charge in [0.25, 0.3) is 11.1 Å². The van der Waals surface area contributed by atoms with Crippen molar-refractivity contribution in [2.45, 2.75) is 64.9 Å². The Morgan fingerprint density at radius 1 is 0.816 bits per heavy atom. The number of fused-ring (bicyclic) bond motifs is 4. The Balaban J connectivity index is 0.000000155. The van der Waals surface area contributed by atoms with Crippen molar-refractivity contribution in [3.63, 3.8) is 0 Å². The zero-order valence-electron chi connectivity index (χ0n) is 21.6. The average Bonchev–Trinajstić information content (AvgIpc) is 3.44. The van der Waals surface area contributed by atoms with Crippen molar-refractivity contribution in [3.8, 4) is 0 Å². The van der Waals surface area contributed by atoms with E-state index in [9.17, 15) is 19.1 Å². The molecule has 0 saturated carbocycles. The van der Waals surface area contributed by atoms with E-state index in [1.807, 2.05) is 24.3 Å². The Morgan fingerprint density at radius 3 is 1.66 bits per heavy atom. The van der Waals surface area contributed by atoms with Gasteiger partial charge in [0, 0.05) is 46.7 Å². The Kier molecular flexibility index (Phi) is 6.89. The number of benzene rings is 2. The van der Waals surface area contributed by atoms with Crippen molar-refractivity contribution in [2.24, 2.45) is 11.8 Å². The molecule has 4 aromatic rings. The Bertz CT molecular complexity index is 1560. The number of hydrogen-bond acceptors (Lipinski definition) is 5. The van der Waals surface area contributed by atoms with Crippen molar-refractivity contribution < 1.29 is 9.50 Å². The minimum absolute atomic E-state index is 0.0146. The van der Waals surface area contributed by atoms with Gasteiger partial charge in [-0.3, -0.25) is 18.7 Å². The first-order valence-electron chi connectivity index (χ1n) is 12.5. The summed E-state index contributed by atoms with van der Waals surface area (Å²) < 4.78 is 19.2. The Labute approximate surface area is 236 Å². The number of nitrogens with zero attached hydrogens (tertiary/aromatic N) is 4. The predicted molar refractivity (Wildman–Crippen MR) is 153 cm³/mol. The molecule has 2 atom stereocenters. The first-order valence-corrected chi connectivity index (χ1v) is 14.1. The molecule has 2 aromatic heterocycles. The Hall–Kier alpha value is -2.43. The van der Waals surface area contributed by atoms with Crippen LogP contribution in [0, 0.1) is 11.8 Å². The van der Waals surface area contributed by atoms with Crippen LogP contribution < -0.4 is 11.1 Å². The molecule has 0 bridgehead atoms. The fraction of sp³-hybridized carbons (Fsp3) is 0.429. The lowest BCUT2D eigenvalue weighted by molar-refractivity contribution is 0.0173. The molecule has 2 aromatic carbocycles. The monoisotopic (exact) mass is 646 g/mol. The van der Waals surface area contributed by atoms with Gasteiger partial charge in [-0.15, -0.1) is 0 Å². The minimum atomic E-state index is -1.30. The molecule has 0 aliphatic carbocycles. The molecular formula is C28H29Br2FN4O3. The molecular weight excluding hydrogens is 619 g/mol. The SMILES string of the molecule is CC(C)(F)C1Cc2nc3cc(Br)ccc3c(=O)n2C1.CC(C)(O)C1Cc2nc3cc(Br)ccc3c(=O)n2C1. The smallest absolute Gasteiger partial charge is 0.261 e. The van der Waals surface area contributed by atoms with E-state index < -0.39 is 11.3 Å². The third-order valence-corrected chi connectivity index (χ3v) is 8.61. The third kappa shape index (κ3) is 5.10. The molecule has 38 heavy (non-hydrogen) atoms. The van der Waals surface area contributed by atoms with E-state index in [4.69, 9.17) is 0 Å². The van der Waals surface area contributed by atoms with Gasteiger partial charge in [-0.1, -0.05) is 31.9 Å². The highest BCUT2D eigenvalue weighted by atomic mass is 79.9. The predicted octanol–water partition coefficient (Wildman–Crippen LogP) is 5.18. The van der Waals surface area contributed by atoms with E-state index >= 15 is 0 Å². The van der Waals surface area contributed by atoms with Gasteiger partial charge < -0.3 is 5.11 Å². The van der Waals surface area contributed by atoms with E-state index in [1.54, 1.807) is 49.0 Å². The highest BCUT2D eigenvalue weighted by Gasteiger charge is 2.36. The van der Waals surface area contributed by atoms with Crippen LogP contribution in [-0.2, 0) is 25.9 Å². The van der Waals surface area contributed by atoms with Crippen LogP contribution in [0.5, 0.6) is 0 Å². The van der Waals surface area contributed by atoms with Crippen LogP contribution in [0.3, 0.4) is 0 Å². The molecule has 0 saturated heterocycles. The van der Waals surface area contributed by atoms with Crippen LogP contribution in [0.1, 0.15) is 39.3 Å². The van der Waals surface area contributed by atoms with Crippen molar-refractivity contribution in [2.75, 3.05) is 0 Å². The lowest BCUT2D eigenvalue weighted by Crippen LogP contribution is -2.32. The summed E-state index contributed by atoms with van der Waals surface area (Å²) in [6, 6.07) is 10.9. The number of aromatic nitrogens is 4. The van der Waals surface area contributed by atoms with E-state index in [1.165, 1.54) is 0 Å². The van der Waals surface area contributed by atoms with Crippen molar-refractivity contribution in [1.29, 1.82) is 0 Å². The molecule has 2 unspecified atom stereocenters. The molecule has 0 radical (unpaired) electrons. The number of halogens is 3. The second kappa shape index (κ2) is 9.64. The fourth-order valence-corrected chi connectivity index (χ4v) is 5.81. The second-order valence-corrected chi connectivity index (χ2v) is 13.1. The zero-order valence-corrected chi connectivity index (χ0v) is 24.8. The van der Waals surface area contributed by atoms with Crippen LogP contribution >= 0.6 is 31.9 Å². The van der Waals surface area contributed by atoms with Crippen LogP contribution in [0.25, 0.3) is 21.8 Å². The number of rotatable bonds is 2. The molecule has 2 aliphatic rings. The molecule has 7 nitrogen and oxygen atoms in total. The van der Waals surface area contributed by atoms with Gasteiger partial charge in [-0.25, -0.2) is 14.4 Å². The second-order valence-electron chi connectivity index (χ2n) is 11.2. The van der Waals surface area contributed by atoms with E-state index in [2.05, 4.69) is 41.8 Å². The summed E-state index contributed by atoms with van der Waals surface area (Å²) in [5.74, 6) is 1.30. The van der Waals surface area contributed by atoms with Crippen molar-refractivity contribution >= 4 is 53.7 Å². The normalized spacial score (nSPS) is 18.8. The number of alkyl halides is 1. The summed E-state index contributed by atoms with van der Waals surface area (Å²) in [6.45, 7) is 7.64. The lowest BCUT2D eigenvalue weighted by atomic mass is 9.90. The molecule has 0 amide bonds. The van der Waals surface area contributed by atoms with Crippen LogP contribution in [0.2, 0.25) is 0 Å². The topological polar surface area (TPSA) is 90.0 Å². The maximum atomic E-state index is 14.1.